The summed E-state index contributed by atoms with van der Waals surface area (Å²) in [5, 5.41) is 8.69. The molecule has 1 aliphatic rings. The Bertz CT molecular complexity index is 486. The normalized spacial score (nSPS) is 14.8. The third-order valence-corrected chi connectivity index (χ3v) is 3.33. The average molecular weight is 312 g/mol. The van der Waals surface area contributed by atoms with Gasteiger partial charge in [0.15, 0.2) is 0 Å². The number of hydrogen-bond acceptors (Lipinski definition) is 3. The molecule has 116 valence electrons. The predicted octanol–water partition coefficient (Wildman–Crippen LogP) is 2.25. The highest BCUT2D eigenvalue weighted by atomic mass is 35.5. The quantitative estimate of drug-likeness (QED) is 0.754. The van der Waals surface area contributed by atoms with E-state index < -0.39 is 0 Å². The highest BCUT2D eigenvalue weighted by Gasteiger charge is 2.29. The molecule has 1 fully saturated rings. The number of carbonyl (C=O) groups excluding carboxylic acids is 2. The molecule has 0 spiro atoms. The van der Waals surface area contributed by atoms with Crippen molar-refractivity contribution in [3.8, 4) is 0 Å². The Balaban J connectivity index is 0.00000220. The molecule has 2 rings (SSSR count). The Morgan fingerprint density at radius 1 is 1.14 bits per heavy atom. The van der Waals surface area contributed by atoms with E-state index in [-0.39, 0.29) is 36.1 Å². The van der Waals surface area contributed by atoms with Crippen molar-refractivity contribution in [3.63, 3.8) is 0 Å². The van der Waals surface area contributed by atoms with Crippen LogP contribution in [0.3, 0.4) is 0 Å². The van der Waals surface area contributed by atoms with Gasteiger partial charge < -0.3 is 16.0 Å². The number of nitrogens with one attached hydrogen (secondary N) is 3. The van der Waals surface area contributed by atoms with Crippen LogP contribution in [0.2, 0.25) is 0 Å². The van der Waals surface area contributed by atoms with Crippen LogP contribution in [0.5, 0.6) is 0 Å². The summed E-state index contributed by atoms with van der Waals surface area (Å²) < 4.78 is 0. The summed E-state index contributed by atoms with van der Waals surface area (Å²) in [4.78, 5) is 23.5. The Morgan fingerprint density at radius 3 is 2.14 bits per heavy atom. The number of amides is 2. The lowest BCUT2D eigenvalue weighted by Gasteiger charge is -2.12. The topological polar surface area (TPSA) is 70.2 Å². The number of hydrogen-bond donors (Lipinski definition) is 3. The molecule has 0 heterocycles. The van der Waals surface area contributed by atoms with E-state index in [9.17, 15) is 9.59 Å². The molecular weight excluding hydrogens is 290 g/mol. The smallest absolute Gasteiger partial charge is 0.228 e. The first-order valence-electron chi connectivity index (χ1n) is 6.96. The van der Waals surface area contributed by atoms with Gasteiger partial charge in [0.1, 0.15) is 0 Å². The van der Waals surface area contributed by atoms with Gasteiger partial charge in [0.25, 0.3) is 0 Å². The first-order valence-corrected chi connectivity index (χ1v) is 6.96. The van der Waals surface area contributed by atoms with Crippen molar-refractivity contribution >= 4 is 35.6 Å². The van der Waals surface area contributed by atoms with Crippen LogP contribution < -0.4 is 16.0 Å². The molecule has 0 aliphatic heterocycles. The standard InChI is InChI=1S/C15H21N3O2.ClH/c1-10(9-16-2)14(19)17-12-5-7-13(8-6-12)18-15(20)11-3-4-11;/h5-8,10-11,16H,3-4,9H2,1-2H3,(H,17,19)(H,18,20);1H. The van der Waals surface area contributed by atoms with Crippen molar-refractivity contribution < 1.29 is 9.59 Å². The van der Waals surface area contributed by atoms with Gasteiger partial charge in [-0.2, -0.15) is 0 Å². The van der Waals surface area contributed by atoms with Crippen LogP contribution in [0, 0.1) is 11.8 Å². The fraction of sp³-hybridized carbons (Fsp3) is 0.467. The van der Waals surface area contributed by atoms with Crippen molar-refractivity contribution in [1.82, 2.24) is 5.32 Å². The maximum absolute atomic E-state index is 11.8. The number of carbonyl (C=O) groups is 2. The molecule has 21 heavy (non-hydrogen) atoms. The van der Waals surface area contributed by atoms with Gasteiger partial charge in [0.2, 0.25) is 11.8 Å². The minimum atomic E-state index is -0.0887. The molecule has 1 aromatic rings. The zero-order valence-electron chi connectivity index (χ0n) is 12.3. The molecule has 1 atom stereocenters. The van der Waals surface area contributed by atoms with E-state index in [2.05, 4.69) is 16.0 Å². The summed E-state index contributed by atoms with van der Waals surface area (Å²) in [6, 6.07) is 7.20. The summed E-state index contributed by atoms with van der Waals surface area (Å²) in [5.74, 6) is 0.171. The average Bonchev–Trinajstić information content (AvgIpc) is 3.25. The second-order valence-electron chi connectivity index (χ2n) is 5.29. The Hall–Kier alpha value is -1.59. The third kappa shape index (κ3) is 5.36. The lowest BCUT2D eigenvalue weighted by molar-refractivity contribution is -0.119. The second-order valence-corrected chi connectivity index (χ2v) is 5.29. The molecule has 0 aromatic heterocycles. The largest absolute Gasteiger partial charge is 0.326 e. The van der Waals surface area contributed by atoms with E-state index >= 15 is 0 Å². The number of rotatable bonds is 6. The van der Waals surface area contributed by atoms with Crippen LogP contribution in [0.15, 0.2) is 24.3 Å². The number of halogens is 1. The SMILES string of the molecule is CNCC(C)C(=O)Nc1ccc(NC(=O)C2CC2)cc1.Cl. The molecule has 0 saturated heterocycles. The number of anilines is 2. The second kappa shape index (κ2) is 8.00. The van der Waals surface area contributed by atoms with Gasteiger partial charge in [0.05, 0.1) is 0 Å². The Labute approximate surface area is 131 Å². The van der Waals surface area contributed by atoms with Gasteiger partial charge in [0, 0.05) is 29.8 Å². The van der Waals surface area contributed by atoms with E-state index in [1.807, 2.05) is 14.0 Å². The minimum Gasteiger partial charge on any atom is -0.326 e. The van der Waals surface area contributed by atoms with Gasteiger partial charge in [-0.3, -0.25) is 9.59 Å². The van der Waals surface area contributed by atoms with Gasteiger partial charge in [-0.25, -0.2) is 0 Å². The molecule has 6 heteroatoms. The molecule has 1 saturated carbocycles. The van der Waals surface area contributed by atoms with Crippen molar-refractivity contribution in [2.24, 2.45) is 11.8 Å². The lowest BCUT2D eigenvalue weighted by atomic mass is 10.1. The van der Waals surface area contributed by atoms with E-state index in [1.54, 1.807) is 24.3 Å². The van der Waals surface area contributed by atoms with Gasteiger partial charge >= 0.3 is 0 Å². The summed E-state index contributed by atoms with van der Waals surface area (Å²) >= 11 is 0. The summed E-state index contributed by atoms with van der Waals surface area (Å²) in [7, 11) is 1.82. The Morgan fingerprint density at radius 2 is 1.67 bits per heavy atom. The summed E-state index contributed by atoms with van der Waals surface area (Å²) in [6.07, 6.45) is 1.98. The van der Waals surface area contributed by atoms with Crippen molar-refractivity contribution in [3.05, 3.63) is 24.3 Å². The fourth-order valence-electron chi connectivity index (χ4n) is 1.89. The monoisotopic (exact) mass is 311 g/mol. The number of benzene rings is 1. The molecule has 5 nitrogen and oxygen atoms in total. The van der Waals surface area contributed by atoms with Crippen LogP contribution in [0.4, 0.5) is 11.4 Å². The molecule has 2 amide bonds. The molecule has 3 N–H and O–H groups in total. The zero-order chi connectivity index (χ0) is 14.5. The van der Waals surface area contributed by atoms with E-state index in [0.717, 1.165) is 24.2 Å². The molecule has 1 unspecified atom stereocenters. The van der Waals surface area contributed by atoms with Crippen molar-refractivity contribution in [2.75, 3.05) is 24.2 Å². The summed E-state index contributed by atoms with van der Waals surface area (Å²) in [6.45, 7) is 2.51. The van der Waals surface area contributed by atoms with Crippen LogP contribution >= 0.6 is 12.4 Å². The highest BCUT2D eigenvalue weighted by molar-refractivity contribution is 5.95. The van der Waals surface area contributed by atoms with Crippen LogP contribution in [0.1, 0.15) is 19.8 Å². The van der Waals surface area contributed by atoms with Crippen LogP contribution in [-0.4, -0.2) is 25.4 Å². The van der Waals surface area contributed by atoms with Gasteiger partial charge in [-0.1, -0.05) is 6.92 Å². The van der Waals surface area contributed by atoms with Crippen molar-refractivity contribution in [2.45, 2.75) is 19.8 Å². The van der Waals surface area contributed by atoms with E-state index in [0.29, 0.717) is 6.54 Å². The fourth-order valence-corrected chi connectivity index (χ4v) is 1.89. The molecule has 1 aliphatic carbocycles. The minimum absolute atomic E-state index is 0. The molecule has 0 radical (unpaired) electrons. The van der Waals surface area contributed by atoms with Gasteiger partial charge in [-0.05, 0) is 44.2 Å². The first-order chi connectivity index (χ1) is 9.60. The predicted molar refractivity (Wildman–Crippen MR) is 86.8 cm³/mol. The lowest BCUT2D eigenvalue weighted by Crippen LogP contribution is -2.28. The third-order valence-electron chi connectivity index (χ3n) is 3.33. The zero-order valence-corrected chi connectivity index (χ0v) is 13.1. The maximum Gasteiger partial charge on any atom is 0.228 e. The highest BCUT2D eigenvalue weighted by Crippen LogP contribution is 2.30. The first kappa shape index (κ1) is 17.5. The van der Waals surface area contributed by atoms with Crippen LogP contribution in [-0.2, 0) is 9.59 Å². The van der Waals surface area contributed by atoms with Gasteiger partial charge in [-0.15, -0.1) is 12.4 Å². The van der Waals surface area contributed by atoms with Crippen molar-refractivity contribution in [1.29, 1.82) is 0 Å². The van der Waals surface area contributed by atoms with E-state index in [4.69, 9.17) is 0 Å². The van der Waals surface area contributed by atoms with Crippen LogP contribution in [0.25, 0.3) is 0 Å². The Kier molecular flexibility index (Phi) is 6.65. The summed E-state index contributed by atoms with van der Waals surface area (Å²) in [5.41, 5.74) is 1.51. The molecule has 0 bridgehead atoms. The molecular formula is C15H22ClN3O2. The maximum atomic E-state index is 11.8. The molecule has 1 aromatic carbocycles. The van der Waals surface area contributed by atoms with E-state index in [1.165, 1.54) is 0 Å².